The van der Waals surface area contributed by atoms with Crippen LogP contribution >= 0.6 is 0 Å². The maximum atomic E-state index is 13.9. The summed E-state index contributed by atoms with van der Waals surface area (Å²) in [6, 6.07) is 34.8. The molecule has 1 aliphatic rings. The second kappa shape index (κ2) is 8.40. The summed E-state index contributed by atoms with van der Waals surface area (Å²) in [5.74, 6) is 0. The molecule has 0 unspecified atom stereocenters. The van der Waals surface area contributed by atoms with Gasteiger partial charge in [0, 0.05) is 16.8 Å². The molecule has 4 aromatic rings. The van der Waals surface area contributed by atoms with Crippen LogP contribution in [0, 0.1) is 0 Å². The van der Waals surface area contributed by atoms with Crippen LogP contribution in [0.3, 0.4) is 0 Å². The molecule has 0 saturated carbocycles. The minimum atomic E-state index is -0.225. The fourth-order valence-corrected chi connectivity index (χ4v) is 3.85. The van der Waals surface area contributed by atoms with Crippen LogP contribution in [0.25, 0.3) is 0 Å². The number of para-hydroxylation sites is 1. The Hall–Kier alpha value is -4.38. The van der Waals surface area contributed by atoms with Gasteiger partial charge in [-0.2, -0.15) is 5.10 Å². The lowest BCUT2D eigenvalue weighted by Crippen LogP contribution is -2.36. The first kappa shape index (κ1) is 19.6. The number of fused-ring (bicyclic) bond motifs is 1. The van der Waals surface area contributed by atoms with E-state index in [0.717, 1.165) is 33.8 Å². The Morgan fingerprint density at radius 3 is 2.06 bits per heavy atom. The minimum Gasteiger partial charge on any atom is -0.399 e. The quantitative estimate of drug-likeness (QED) is 0.426. The van der Waals surface area contributed by atoms with Gasteiger partial charge in [-0.3, -0.25) is 4.90 Å². The van der Waals surface area contributed by atoms with Crippen molar-refractivity contribution in [2.45, 2.75) is 6.54 Å². The lowest BCUT2D eigenvalue weighted by Gasteiger charge is -2.26. The number of anilines is 3. The first-order valence-electron chi connectivity index (χ1n) is 10.5. The smallest absolute Gasteiger partial charge is 0.349 e. The Bertz CT molecular complexity index is 1270. The van der Waals surface area contributed by atoms with E-state index in [1.54, 1.807) is 17.0 Å². The zero-order chi connectivity index (χ0) is 21.9. The third-order valence-electron chi connectivity index (χ3n) is 5.41. The molecule has 5 nitrogen and oxygen atoms in total. The highest BCUT2D eigenvalue weighted by Crippen LogP contribution is 2.35. The first-order valence-corrected chi connectivity index (χ1v) is 10.5. The molecule has 0 atom stereocenters. The molecule has 0 spiro atoms. The summed E-state index contributed by atoms with van der Waals surface area (Å²) in [6.45, 7) is 0.357. The number of carbonyl (C=O) groups is 1. The summed E-state index contributed by atoms with van der Waals surface area (Å²) in [5.41, 5.74) is 11.7. The predicted molar refractivity (Wildman–Crippen MR) is 129 cm³/mol. The molecule has 0 bridgehead atoms. The number of nitrogens with two attached hydrogens (primary N) is 1. The monoisotopic (exact) mass is 418 g/mol. The Morgan fingerprint density at radius 2 is 1.34 bits per heavy atom. The Morgan fingerprint density at radius 1 is 0.719 bits per heavy atom. The van der Waals surface area contributed by atoms with E-state index in [0.29, 0.717) is 12.2 Å². The highest BCUT2D eigenvalue weighted by Gasteiger charge is 2.31. The zero-order valence-corrected chi connectivity index (χ0v) is 17.4. The van der Waals surface area contributed by atoms with Gasteiger partial charge in [-0.05, 0) is 35.9 Å². The summed E-state index contributed by atoms with van der Waals surface area (Å²) in [6.07, 6.45) is 0. The molecule has 0 radical (unpaired) electrons. The standard InChI is InChI=1S/C27H22N4O/c28-22-15-17-23(18-16-22)31-25-14-8-7-13-24(25)26(21-11-5-2-6-12-21)29-30(27(31)32)19-20-9-3-1-4-10-20/h1-18H,19,28H2. The van der Waals surface area contributed by atoms with Gasteiger partial charge in [-0.1, -0.05) is 78.9 Å². The van der Waals surface area contributed by atoms with Crippen LogP contribution in [-0.4, -0.2) is 16.8 Å². The van der Waals surface area contributed by atoms with Gasteiger partial charge in [0.15, 0.2) is 0 Å². The van der Waals surface area contributed by atoms with Gasteiger partial charge in [0.05, 0.1) is 17.9 Å². The average molecular weight is 419 g/mol. The van der Waals surface area contributed by atoms with Crippen molar-refractivity contribution in [1.29, 1.82) is 0 Å². The summed E-state index contributed by atoms with van der Waals surface area (Å²) < 4.78 is 0. The third kappa shape index (κ3) is 3.72. The number of benzene rings is 4. The predicted octanol–water partition coefficient (Wildman–Crippen LogP) is 5.80. The molecule has 4 aromatic carbocycles. The van der Waals surface area contributed by atoms with Gasteiger partial charge < -0.3 is 5.73 Å². The number of hydrogen-bond donors (Lipinski definition) is 1. The van der Waals surface area contributed by atoms with Gasteiger partial charge in [0.1, 0.15) is 5.71 Å². The van der Waals surface area contributed by atoms with E-state index in [1.807, 2.05) is 97.1 Å². The van der Waals surface area contributed by atoms with E-state index >= 15 is 0 Å². The molecule has 156 valence electrons. The first-order chi connectivity index (χ1) is 15.7. The van der Waals surface area contributed by atoms with Crippen molar-refractivity contribution in [2.75, 3.05) is 10.6 Å². The second-order valence-electron chi connectivity index (χ2n) is 7.58. The van der Waals surface area contributed by atoms with E-state index in [1.165, 1.54) is 5.01 Å². The summed E-state index contributed by atoms with van der Waals surface area (Å²) in [5, 5.41) is 6.43. The van der Waals surface area contributed by atoms with Crippen molar-refractivity contribution in [3.8, 4) is 0 Å². The number of hydrogen-bond acceptors (Lipinski definition) is 3. The van der Waals surface area contributed by atoms with Crippen LogP contribution in [0.4, 0.5) is 21.9 Å². The number of hydrazone groups is 1. The lowest BCUT2D eigenvalue weighted by molar-refractivity contribution is 0.207. The topological polar surface area (TPSA) is 61.9 Å². The highest BCUT2D eigenvalue weighted by molar-refractivity contribution is 6.20. The number of carbonyl (C=O) groups excluding carboxylic acids is 1. The summed E-state index contributed by atoms with van der Waals surface area (Å²) in [4.78, 5) is 15.6. The van der Waals surface area contributed by atoms with Crippen LogP contribution in [-0.2, 0) is 6.54 Å². The van der Waals surface area contributed by atoms with Crippen LogP contribution in [0.2, 0.25) is 0 Å². The maximum absolute atomic E-state index is 13.9. The number of rotatable bonds is 4. The molecule has 5 heteroatoms. The van der Waals surface area contributed by atoms with Crippen LogP contribution in [0.1, 0.15) is 16.7 Å². The fourth-order valence-electron chi connectivity index (χ4n) is 3.85. The van der Waals surface area contributed by atoms with Crippen molar-refractivity contribution in [3.05, 3.63) is 126 Å². The van der Waals surface area contributed by atoms with Gasteiger partial charge in [-0.25, -0.2) is 9.80 Å². The number of urea groups is 1. The largest absolute Gasteiger partial charge is 0.399 e. The zero-order valence-electron chi connectivity index (χ0n) is 17.4. The lowest BCUT2D eigenvalue weighted by atomic mass is 10.00. The highest BCUT2D eigenvalue weighted by atomic mass is 16.2. The molecule has 0 aliphatic carbocycles. The molecule has 0 aromatic heterocycles. The molecular formula is C27H22N4O. The van der Waals surface area contributed by atoms with Crippen LogP contribution < -0.4 is 10.6 Å². The van der Waals surface area contributed by atoms with E-state index in [4.69, 9.17) is 10.8 Å². The van der Waals surface area contributed by atoms with Crippen LogP contribution in [0.15, 0.2) is 114 Å². The van der Waals surface area contributed by atoms with E-state index < -0.39 is 0 Å². The SMILES string of the molecule is Nc1ccc(N2C(=O)N(Cc3ccccc3)N=C(c3ccccc3)c3ccccc32)cc1. The summed E-state index contributed by atoms with van der Waals surface area (Å²) >= 11 is 0. The van der Waals surface area contributed by atoms with E-state index in [-0.39, 0.29) is 6.03 Å². The molecule has 1 aliphatic heterocycles. The average Bonchev–Trinajstić information content (AvgIpc) is 2.96. The van der Waals surface area contributed by atoms with Gasteiger partial charge in [-0.15, -0.1) is 0 Å². The molecule has 2 N–H and O–H groups in total. The van der Waals surface area contributed by atoms with Crippen molar-refractivity contribution in [2.24, 2.45) is 5.10 Å². The van der Waals surface area contributed by atoms with Crippen molar-refractivity contribution >= 4 is 28.8 Å². The van der Waals surface area contributed by atoms with Crippen molar-refractivity contribution < 1.29 is 4.79 Å². The maximum Gasteiger partial charge on any atom is 0.349 e. The Kier molecular flexibility index (Phi) is 5.14. The molecule has 1 heterocycles. The van der Waals surface area contributed by atoms with E-state index in [2.05, 4.69) is 0 Å². The molecule has 32 heavy (non-hydrogen) atoms. The number of nitrogens with zero attached hydrogens (tertiary/aromatic N) is 3. The molecule has 0 fully saturated rings. The fraction of sp³-hybridized carbons (Fsp3) is 0.0370. The summed E-state index contributed by atoms with van der Waals surface area (Å²) in [7, 11) is 0. The minimum absolute atomic E-state index is 0.225. The Labute approximate surface area is 187 Å². The van der Waals surface area contributed by atoms with Gasteiger partial charge in [0.25, 0.3) is 0 Å². The third-order valence-corrected chi connectivity index (χ3v) is 5.41. The van der Waals surface area contributed by atoms with E-state index in [9.17, 15) is 4.79 Å². The second-order valence-corrected chi connectivity index (χ2v) is 7.58. The van der Waals surface area contributed by atoms with Crippen LogP contribution in [0.5, 0.6) is 0 Å². The molecule has 0 saturated heterocycles. The van der Waals surface area contributed by atoms with Crippen molar-refractivity contribution in [3.63, 3.8) is 0 Å². The Balaban J connectivity index is 1.71. The van der Waals surface area contributed by atoms with Gasteiger partial charge >= 0.3 is 6.03 Å². The number of nitrogen functional groups attached to an aromatic ring is 1. The van der Waals surface area contributed by atoms with Crippen molar-refractivity contribution in [1.82, 2.24) is 5.01 Å². The number of amides is 2. The van der Waals surface area contributed by atoms with Gasteiger partial charge in [0.2, 0.25) is 0 Å². The molecule has 2 amide bonds. The molecule has 5 rings (SSSR count). The normalized spacial score (nSPS) is 13.4. The molecular weight excluding hydrogens is 396 g/mol.